The molecule has 16 heteroatoms. The first-order chi connectivity index (χ1) is 19.9. The minimum atomic E-state index is -1.05. The molecule has 4 aromatic rings. The number of carboxylic acids is 2. The van der Waals surface area contributed by atoms with Crippen LogP contribution in [0.2, 0.25) is 0 Å². The normalized spacial score (nSPS) is 9.19. The lowest BCUT2D eigenvalue weighted by atomic mass is 10.2. The van der Waals surface area contributed by atoms with Crippen LogP contribution in [0, 0.1) is 0 Å². The maximum absolute atomic E-state index is 10.4. The average Bonchev–Trinajstić information content (AvgIpc) is 2.99. The van der Waals surface area contributed by atoms with Crippen LogP contribution in [-0.2, 0) is 0 Å². The Balaban J connectivity index is 0.000000283. The van der Waals surface area contributed by atoms with Crippen LogP contribution in [0.15, 0.2) is 73.6 Å². The van der Waals surface area contributed by atoms with Crippen LogP contribution in [0.25, 0.3) is 0 Å². The Labute approximate surface area is 237 Å². The zero-order chi connectivity index (χ0) is 31.7. The fraction of sp³-hybridized carbons (Fsp3) is 0.0769. The zero-order valence-corrected chi connectivity index (χ0v) is 22.1. The van der Waals surface area contributed by atoms with Gasteiger partial charge in [0.05, 0.1) is 37.7 Å². The maximum Gasteiger partial charge on any atom is 0.335 e. The lowest BCUT2D eigenvalue weighted by Gasteiger charge is -2.02. The van der Waals surface area contributed by atoms with Crippen LogP contribution >= 0.6 is 0 Å². The van der Waals surface area contributed by atoms with Gasteiger partial charge in [0, 0.05) is 24.8 Å². The topological polar surface area (TPSA) is 271 Å². The molecule has 42 heavy (non-hydrogen) atoms. The molecule has 2 aromatic heterocycles. The smallest absolute Gasteiger partial charge is 0.335 e. The van der Waals surface area contributed by atoms with Gasteiger partial charge >= 0.3 is 11.9 Å². The fourth-order valence-corrected chi connectivity index (χ4v) is 2.47. The van der Waals surface area contributed by atoms with E-state index in [4.69, 9.17) is 41.4 Å². The number of nitrogens with zero attached hydrogens (tertiary/aromatic N) is 4. The molecule has 2 aromatic carbocycles. The highest BCUT2D eigenvalue weighted by atomic mass is 16.5. The summed E-state index contributed by atoms with van der Waals surface area (Å²) < 4.78 is 9.44. The van der Waals surface area contributed by atoms with Crippen molar-refractivity contribution in [3.63, 3.8) is 0 Å². The van der Waals surface area contributed by atoms with E-state index in [0.29, 0.717) is 0 Å². The number of ether oxygens (including phenoxy) is 2. The highest BCUT2D eigenvalue weighted by Gasteiger charge is 2.08. The minimum absolute atomic E-state index is 0.0671. The van der Waals surface area contributed by atoms with Gasteiger partial charge in [-0.25, -0.2) is 19.6 Å². The summed E-state index contributed by atoms with van der Waals surface area (Å²) in [5.41, 5.74) is 10.3. The molecule has 0 bridgehead atoms. The number of rotatable bonds is 6. The van der Waals surface area contributed by atoms with Crippen molar-refractivity contribution in [3.8, 4) is 23.0 Å². The van der Waals surface area contributed by atoms with E-state index in [0.717, 1.165) is 0 Å². The number of methoxy groups -OCH3 is 2. The number of phenolic OH excluding ortho intramolecular Hbond substituents is 2. The number of hydrogen-bond donors (Lipinski definition) is 6. The highest BCUT2D eigenvalue weighted by Crippen LogP contribution is 2.26. The second-order valence-electron chi connectivity index (χ2n) is 7.29. The molecule has 0 atom stereocenters. The van der Waals surface area contributed by atoms with Gasteiger partial charge in [0.2, 0.25) is 0 Å². The van der Waals surface area contributed by atoms with Crippen molar-refractivity contribution in [3.05, 3.63) is 96.1 Å². The lowest BCUT2D eigenvalue weighted by molar-refractivity contribution is 0.0685. The third-order valence-corrected chi connectivity index (χ3v) is 4.48. The number of amides is 2. The first kappa shape index (κ1) is 33.7. The first-order valence-electron chi connectivity index (χ1n) is 11.2. The van der Waals surface area contributed by atoms with Gasteiger partial charge in [0.1, 0.15) is 11.4 Å². The fourth-order valence-electron chi connectivity index (χ4n) is 2.47. The Hall–Kier alpha value is -6.32. The number of nitrogens with two attached hydrogens (primary N) is 2. The van der Waals surface area contributed by atoms with Crippen molar-refractivity contribution < 1.29 is 49.1 Å². The van der Waals surface area contributed by atoms with E-state index in [1.165, 1.54) is 87.8 Å². The number of aromatic carboxylic acids is 2. The predicted molar refractivity (Wildman–Crippen MR) is 144 cm³/mol. The Morgan fingerprint density at radius 1 is 0.643 bits per heavy atom. The Bertz CT molecular complexity index is 1370. The van der Waals surface area contributed by atoms with E-state index in [9.17, 15) is 19.2 Å². The second kappa shape index (κ2) is 17.3. The third-order valence-electron chi connectivity index (χ3n) is 4.48. The minimum Gasteiger partial charge on any atom is -0.504 e. The standard InChI is InChI=1S/2C8H8O4.2C5H5N3O/c2*1-12-7-4-5(8(10)11)2-3-6(7)9;2*6-5(9)4-3-7-1-2-8-4/h2*2-4,9H,1H3,(H,10,11);2*1-3H,(H2,6,9). The SMILES string of the molecule is COc1cc(C(=O)O)ccc1O.COc1cc(C(=O)O)ccc1O.NC(=O)c1cnccn1.NC(=O)c1cnccn1. The van der Waals surface area contributed by atoms with Crippen molar-refractivity contribution in [2.75, 3.05) is 14.2 Å². The van der Waals surface area contributed by atoms with E-state index in [-0.39, 0.29) is 45.5 Å². The number of phenols is 2. The summed E-state index contributed by atoms with van der Waals surface area (Å²) in [5, 5.41) is 35.3. The molecular weight excluding hydrogens is 556 g/mol. The van der Waals surface area contributed by atoms with E-state index in [1.54, 1.807) is 0 Å². The quantitative estimate of drug-likeness (QED) is 0.187. The van der Waals surface area contributed by atoms with Crippen LogP contribution in [0.1, 0.15) is 41.7 Å². The summed E-state index contributed by atoms with van der Waals surface area (Å²) in [6.45, 7) is 0. The van der Waals surface area contributed by atoms with Gasteiger partial charge in [-0.2, -0.15) is 0 Å². The molecule has 8 N–H and O–H groups in total. The van der Waals surface area contributed by atoms with E-state index in [1.807, 2.05) is 0 Å². The molecule has 0 aliphatic heterocycles. The zero-order valence-electron chi connectivity index (χ0n) is 22.1. The van der Waals surface area contributed by atoms with Crippen LogP contribution in [0.3, 0.4) is 0 Å². The average molecular weight is 583 g/mol. The highest BCUT2D eigenvalue weighted by molar-refractivity contribution is 5.91. The van der Waals surface area contributed by atoms with E-state index < -0.39 is 23.8 Å². The number of benzene rings is 2. The van der Waals surface area contributed by atoms with Gasteiger partial charge in [0.15, 0.2) is 23.0 Å². The van der Waals surface area contributed by atoms with Gasteiger partial charge < -0.3 is 41.4 Å². The Kier molecular flexibility index (Phi) is 13.9. The summed E-state index contributed by atoms with van der Waals surface area (Å²) in [6, 6.07) is 7.69. The number of aromatic hydroxyl groups is 2. The van der Waals surface area contributed by atoms with E-state index >= 15 is 0 Å². The number of carbonyl (C=O) groups excluding carboxylic acids is 2. The van der Waals surface area contributed by atoms with Gasteiger partial charge in [-0.05, 0) is 36.4 Å². The van der Waals surface area contributed by atoms with Crippen LogP contribution in [-0.4, -0.2) is 78.3 Å². The van der Waals surface area contributed by atoms with Crippen molar-refractivity contribution in [1.29, 1.82) is 0 Å². The summed E-state index contributed by atoms with van der Waals surface area (Å²) in [5.74, 6) is -3.01. The van der Waals surface area contributed by atoms with Crippen molar-refractivity contribution >= 4 is 23.8 Å². The number of primary amides is 2. The van der Waals surface area contributed by atoms with Gasteiger partial charge in [0.25, 0.3) is 11.8 Å². The number of hydrogen-bond acceptors (Lipinski definition) is 12. The van der Waals surface area contributed by atoms with Crippen LogP contribution < -0.4 is 20.9 Å². The number of carboxylic acid groups (broad SMARTS) is 2. The Morgan fingerprint density at radius 3 is 1.21 bits per heavy atom. The first-order valence-corrected chi connectivity index (χ1v) is 11.2. The molecule has 0 radical (unpaired) electrons. The summed E-state index contributed by atoms with van der Waals surface area (Å²) in [4.78, 5) is 56.1. The van der Waals surface area contributed by atoms with E-state index in [2.05, 4.69) is 19.9 Å². The number of carbonyl (C=O) groups is 4. The molecule has 220 valence electrons. The van der Waals surface area contributed by atoms with Gasteiger partial charge in [-0.3, -0.25) is 19.6 Å². The molecule has 0 fully saturated rings. The molecule has 0 aliphatic rings. The molecule has 0 spiro atoms. The van der Waals surface area contributed by atoms with Gasteiger partial charge in [-0.15, -0.1) is 0 Å². The third kappa shape index (κ3) is 11.6. The molecule has 0 saturated carbocycles. The molecular formula is C26H26N6O10. The molecule has 0 unspecified atom stereocenters. The van der Waals surface area contributed by atoms with Crippen molar-refractivity contribution in [2.45, 2.75) is 0 Å². The van der Waals surface area contributed by atoms with Crippen LogP contribution in [0.5, 0.6) is 23.0 Å². The summed E-state index contributed by atoms with van der Waals surface area (Å²) in [6.07, 6.45) is 8.43. The predicted octanol–water partition coefficient (Wildman–Crippen LogP) is 1.35. The van der Waals surface area contributed by atoms with Crippen molar-refractivity contribution in [1.82, 2.24) is 19.9 Å². The lowest BCUT2D eigenvalue weighted by Crippen LogP contribution is -2.12. The summed E-state index contributed by atoms with van der Waals surface area (Å²) in [7, 11) is 2.72. The van der Waals surface area contributed by atoms with Crippen molar-refractivity contribution in [2.24, 2.45) is 11.5 Å². The second-order valence-corrected chi connectivity index (χ2v) is 7.29. The maximum atomic E-state index is 10.4. The summed E-state index contributed by atoms with van der Waals surface area (Å²) >= 11 is 0. The molecule has 0 saturated heterocycles. The molecule has 0 aliphatic carbocycles. The van der Waals surface area contributed by atoms with Gasteiger partial charge in [-0.1, -0.05) is 0 Å². The Morgan fingerprint density at radius 2 is 1.00 bits per heavy atom. The number of aromatic nitrogens is 4. The van der Waals surface area contributed by atoms with Crippen LogP contribution in [0.4, 0.5) is 0 Å². The molecule has 2 heterocycles. The molecule has 16 nitrogen and oxygen atoms in total. The molecule has 4 rings (SSSR count). The largest absolute Gasteiger partial charge is 0.504 e. The monoisotopic (exact) mass is 582 g/mol. The molecule has 2 amide bonds.